The average molecular weight is 639 g/mol. The number of nitrogens with zero attached hydrogens (tertiary/aromatic N) is 3. The lowest BCUT2D eigenvalue weighted by Crippen LogP contribution is -2.67. The van der Waals surface area contributed by atoms with E-state index >= 15 is 0 Å². The minimum Gasteiger partial charge on any atom is -0.481 e. The normalized spacial score (nSPS) is 43.0. The van der Waals surface area contributed by atoms with Crippen molar-refractivity contribution in [3.63, 3.8) is 0 Å². The van der Waals surface area contributed by atoms with Crippen molar-refractivity contribution in [2.45, 2.75) is 112 Å². The first kappa shape index (κ1) is 32.8. The third-order valence-electron chi connectivity index (χ3n) is 15.1. The number of aliphatic hydroxyl groups excluding tert-OH is 1. The number of hydrogen-bond donors (Lipinski definition) is 3. The first-order chi connectivity index (χ1) is 21.4. The van der Waals surface area contributed by atoms with Gasteiger partial charge in [-0.15, -0.1) is 0 Å². The smallest absolute Gasteiger partial charge is 0.309 e. The number of nitro benzene ring substituents is 2. The van der Waals surface area contributed by atoms with Crippen molar-refractivity contribution in [3.05, 3.63) is 38.4 Å². The third kappa shape index (κ3) is 4.39. The Balaban J connectivity index is 1.34. The zero-order valence-electron chi connectivity index (χ0n) is 28.0. The zero-order chi connectivity index (χ0) is 33.6. The van der Waals surface area contributed by atoms with E-state index in [4.69, 9.17) is 0 Å². The Bertz CT molecular complexity index is 1490. The van der Waals surface area contributed by atoms with Crippen molar-refractivity contribution < 1.29 is 24.9 Å². The van der Waals surface area contributed by atoms with Gasteiger partial charge < -0.3 is 10.2 Å². The number of carboxylic acids is 1. The van der Waals surface area contributed by atoms with Crippen LogP contribution in [0.5, 0.6) is 0 Å². The maximum absolute atomic E-state index is 13.2. The number of carboxylic acid groups (broad SMARTS) is 1. The molecule has 46 heavy (non-hydrogen) atoms. The number of fused-ring (bicyclic) bond motifs is 7. The summed E-state index contributed by atoms with van der Waals surface area (Å²) in [4.78, 5) is 34.8. The maximum Gasteiger partial charge on any atom is 0.309 e. The van der Waals surface area contributed by atoms with Crippen molar-refractivity contribution in [3.8, 4) is 0 Å². The molecule has 5 aliphatic rings. The Kier molecular flexibility index (Phi) is 7.65. The molecule has 5 aliphatic carbocycles. The van der Waals surface area contributed by atoms with Crippen LogP contribution in [0.25, 0.3) is 0 Å². The molecule has 6 rings (SSSR count). The fourth-order valence-electron chi connectivity index (χ4n) is 12.5. The van der Waals surface area contributed by atoms with Gasteiger partial charge in [0.2, 0.25) is 0 Å². The third-order valence-corrected chi connectivity index (χ3v) is 15.1. The van der Waals surface area contributed by atoms with Gasteiger partial charge in [-0.2, -0.15) is 5.10 Å². The number of rotatable bonds is 6. The highest BCUT2D eigenvalue weighted by Gasteiger charge is 2.72. The van der Waals surface area contributed by atoms with Crippen LogP contribution in [0.2, 0.25) is 0 Å². The van der Waals surface area contributed by atoms with E-state index in [1.807, 2.05) is 6.92 Å². The molecule has 1 aromatic rings. The lowest BCUT2D eigenvalue weighted by molar-refractivity contribution is -0.393. The number of hydrazone groups is 1. The van der Waals surface area contributed by atoms with Crippen LogP contribution in [0.3, 0.4) is 0 Å². The lowest BCUT2D eigenvalue weighted by atomic mass is 9.32. The molecule has 4 unspecified atom stereocenters. The van der Waals surface area contributed by atoms with Crippen LogP contribution in [0.15, 0.2) is 23.3 Å². The molecule has 0 heterocycles. The molecule has 10 atom stereocenters. The molecule has 0 spiro atoms. The van der Waals surface area contributed by atoms with Gasteiger partial charge >= 0.3 is 11.7 Å². The summed E-state index contributed by atoms with van der Waals surface area (Å²) in [5.74, 6) is 0.234. The number of hydrogen-bond acceptors (Lipinski definition) is 8. The van der Waals surface area contributed by atoms with Crippen molar-refractivity contribution in [1.82, 2.24) is 0 Å². The van der Waals surface area contributed by atoms with Crippen LogP contribution in [0.1, 0.15) is 106 Å². The Labute approximate surface area is 270 Å². The second kappa shape index (κ2) is 10.7. The van der Waals surface area contributed by atoms with E-state index in [9.17, 15) is 35.2 Å². The highest BCUT2D eigenvalue weighted by atomic mass is 16.6. The highest BCUT2D eigenvalue weighted by Crippen LogP contribution is 2.77. The molecule has 11 heteroatoms. The van der Waals surface area contributed by atoms with Crippen LogP contribution in [-0.4, -0.2) is 37.8 Å². The molecule has 0 amide bonds. The molecular weight excluding hydrogens is 588 g/mol. The van der Waals surface area contributed by atoms with Crippen LogP contribution < -0.4 is 5.43 Å². The second-order valence-electron chi connectivity index (χ2n) is 16.8. The molecular formula is C35H50N4O7. The molecule has 252 valence electrons. The Morgan fingerprint density at radius 2 is 1.61 bits per heavy atom. The summed E-state index contributed by atoms with van der Waals surface area (Å²) >= 11 is 0. The number of benzene rings is 1. The van der Waals surface area contributed by atoms with Gasteiger partial charge in [0.1, 0.15) is 5.69 Å². The number of anilines is 1. The summed E-state index contributed by atoms with van der Waals surface area (Å²) in [6.07, 6.45) is 8.55. The number of nitrogens with one attached hydrogen (secondary N) is 1. The van der Waals surface area contributed by atoms with Gasteiger partial charge in [0.15, 0.2) is 0 Å². The van der Waals surface area contributed by atoms with Crippen molar-refractivity contribution >= 4 is 28.7 Å². The van der Waals surface area contributed by atoms with Gasteiger partial charge in [0, 0.05) is 17.7 Å². The Morgan fingerprint density at radius 1 is 0.891 bits per heavy atom. The summed E-state index contributed by atoms with van der Waals surface area (Å²) in [7, 11) is 0. The van der Waals surface area contributed by atoms with E-state index in [0.717, 1.165) is 56.7 Å². The zero-order valence-corrected chi connectivity index (χ0v) is 28.0. The SMILES string of the molecule is C/C(=N\Nc1ccc([N+](=O)[O-])cc1[N+](=O)[O-])[C@@H]1CC[C@]2(C(=O)O)CC[C@]3(C)C(CCC4[C@@]5(C)CC[C@H](O)C(C)(C)C5CC[C@]43C)C12. The molecule has 1 aromatic carbocycles. The molecule has 0 saturated heterocycles. The van der Waals surface area contributed by atoms with Gasteiger partial charge in [-0.25, -0.2) is 0 Å². The van der Waals surface area contributed by atoms with Crippen LogP contribution in [-0.2, 0) is 4.79 Å². The van der Waals surface area contributed by atoms with Crippen molar-refractivity contribution in [2.75, 3.05) is 5.43 Å². The summed E-state index contributed by atoms with van der Waals surface area (Å²) < 4.78 is 0. The fourth-order valence-corrected chi connectivity index (χ4v) is 12.5. The Morgan fingerprint density at radius 3 is 2.26 bits per heavy atom. The lowest BCUT2D eigenvalue weighted by Gasteiger charge is -2.72. The van der Waals surface area contributed by atoms with E-state index in [2.05, 4.69) is 45.1 Å². The van der Waals surface area contributed by atoms with E-state index in [1.165, 1.54) is 12.1 Å². The number of carbonyl (C=O) groups is 1. The monoisotopic (exact) mass is 638 g/mol. The van der Waals surface area contributed by atoms with Crippen molar-refractivity contribution in [2.24, 2.45) is 61.8 Å². The fraction of sp³-hybridized carbons (Fsp3) is 0.771. The maximum atomic E-state index is 13.2. The number of aliphatic hydroxyl groups is 1. The number of nitro groups is 2. The summed E-state index contributed by atoms with van der Waals surface area (Å²) in [6.45, 7) is 13.8. The predicted molar refractivity (Wildman–Crippen MR) is 174 cm³/mol. The summed E-state index contributed by atoms with van der Waals surface area (Å²) in [5.41, 5.74) is 1.94. The Hall–Kier alpha value is -3.08. The molecule has 0 aliphatic heterocycles. The van der Waals surface area contributed by atoms with E-state index < -0.39 is 26.9 Å². The topological polar surface area (TPSA) is 168 Å². The first-order valence-electron chi connectivity index (χ1n) is 17.1. The van der Waals surface area contributed by atoms with E-state index in [0.29, 0.717) is 31.1 Å². The first-order valence-corrected chi connectivity index (χ1v) is 17.1. The van der Waals surface area contributed by atoms with Crippen LogP contribution in [0.4, 0.5) is 17.1 Å². The largest absolute Gasteiger partial charge is 0.481 e. The van der Waals surface area contributed by atoms with Gasteiger partial charge in [-0.1, -0.05) is 34.6 Å². The average Bonchev–Trinajstić information content (AvgIpc) is 3.39. The number of non-ortho nitro benzene ring substituents is 1. The second-order valence-corrected chi connectivity index (χ2v) is 16.8. The molecule has 0 bridgehead atoms. The highest BCUT2D eigenvalue weighted by molar-refractivity contribution is 5.88. The summed E-state index contributed by atoms with van der Waals surface area (Å²) in [5, 5.41) is 49.3. The van der Waals surface area contributed by atoms with Crippen molar-refractivity contribution in [1.29, 1.82) is 0 Å². The molecule has 0 aromatic heterocycles. The van der Waals surface area contributed by atoms with Gasteiger partial charge in [0.05, 0.1) is 27.4 Å². The standard InChI is InChI=1S/C35H50N4O7/c1-20(36-37-24-9-7-21(38(43)44)19-25(24)39(45)46)22-11-16-35(30(41)42)18-17-33(5)23(29(22)35)8-10-27-32(4)14-13-28(40)31(2,3)26(32)12-15-34(27,33)6/h7,9,19,22-23,26-29,37,40H,8,10-18H2,1-6H3,(H,41,42)/b36-20+/t22-,23?,26?,27?,28-,29?,32-,33+,34+,35-/m0/s1. The minimum atomic E-state index is -0.827. The predicted octanol–water partition coefficient (Wildman–Crippen LogP) is 7.82. The molecule has 5 saturated carbocycles. The molecule has 3 N–H and O–H groups in total. The minimum absolute atomic E-state index is 0.0417. The van der Waals surface area contributed by atoms with Gasteiger partial charge in [-0.3, -0.25) is 30.4 Å². The van der Waals surface area contributed by atoms with Gasteiger partial charge in [-0.05, 0) is 123 Å². The quantitative estimate of drug-likeness (QED) is 0.161. The van der Waals surface area contributed by atoms with E-state index in [1.54, 1.807) is 0 Å². The molecule has 11 nitrogen and oxygen atoms in total. The summed E-state index contributed by atoms with van der Waals surface area (Å²) in [6, 6.07) is 3.43. The van der Waals surface area contributed by atoms with Crippen LogP contribution in [0, 0.1) is 76.9 Å². The van der Waals surface area contributed by atoms with Gasteiger partial charge in [0.25, 0.3) is 5.69 Å². The van der Waals surface area contributed by atoms with E-state index in [-0.39, 0.29) is 56.9 Å². The number of aliphatic carboxylic acids is 1. The van der Waals surface area contributed by atoms with Crippen LogP contribution >= 0.6 is 0 Å². The molecule has 0 radical (unpaired) electrons. The molecule has 5 fully saturated rings.